The summed E-state index contributed by atoms with van der Waals surface area (Å²) in [6.45, 7) is 1.94. The number of hydrogen-bond acceptors (Lipinski definition) is 5. The number of methoxy groups -OCH3 is 1. The summed E-state index contributed by atoms with van der Waals surface area (Å²) in [5, 5.41) is 2.77. The highest BCUT2D eigenvalue weighted by molar-refractivity contribution is 6.04. The van der Waals surface area contributed by atoms with Crippen LogP contribution in [0.4, 0.5) is 11.4 Å². The van der Waals surface area contributed by atoms with Crippen LogP contribution < -0.4 is 15.0 Å². The lowest BCUT2D eigenvalue weighted by atomic mass is 10.1. The molecule has 0 saturated carbocycles. The monoisotopic (exact) mass is 368 g/mol. The molecule has 0 atom stereocenters. The van der Waals surface area contributed by atoms with Gasteiger partial charge in [-0.2, -0.15) is 0 Å². The van der Waals surface area contributed by atoms with E-state index in [9.17, 15) is 14.4 Å². The van der Waals surface area contributed by atoms with Gasteiger partial charge in [-0.05, 0) is 36.8 Å². The number of para-hydroxylation sites is 2. The van der Waals surface area contributed by atoms with Crippen molar-refractivity contribution in [3.05, 3.63) is 53.6 Å². The van der Waals surface area contributed by atoms with Gasteiger partial charge in [-0.1, -0.05) is 18.2 Å². The molecule has 0 bridgehead atoms. The minimum absolute atomic E-state index is 0.152. The zero-order valence-corrected chi connectivity index (χ0v) is 15.2. The molecule has 2 amide bonds. The molecule has 0 aromatic heterocycles. The van der Waals surface area contributed by atoms with E-state index in [2.05, 4.69) is 5.32 Å². The summed E-state index contributed by atoms with van der Waals surface area (Å²) in [6.07, 6.45) is 0.193. The SMILES string of the molecule is COC(=O)c1ccc(C)c(NC(=O)CN2C(=O)CCOc3ccccc32)c1. The third-order valence-corrected chi connectivity index (χ3v) is 4.27. The van der Waals surface area contributed by atoms with E-state index in [1.807, 2.05) is 13.0 Å². The molecular weight excluding hydrogens is 348 g/mol. The topological polar surface area (TPSA) is 84.9 Å². The molecule has 0 fully saturated rings. The number of amides is 2. The Kier molecular flexibility index (Phi) is 5.40. The molecule has 2 aromatic rings. The number of carbonyl (C=O) groups is 3. The maximum Gasteiger partial charge on any atom is 0.337 e. The Hall–Kier alpha value is -3.35. The predicted octanol–water partition coefficient (Wildman–Crippen LogP) is 2.54. The van der Waals surface area contributed by atoms with Gasteiger partial charge < -0.3 is 14.8 Å². The summed E-state index contributed by atoms with van der Waals surface area (Å²) in [4.78, 5) is 38.1. The molecule has 2 aromatic carbocycles. The highest BCUT2D eigenvalue weighted by atomic mass is 16.5. The molecule has 7 nitrogen and oxygen atoms in total. The Morgan fingerprint density at radius 3 is 2.78 bits per heavy atom. The Labute approximate surface area is 156 Å². The van der Waals surface area contributed by atoms with E-state index in [0.29, 0.717) is 22.7 Å². The predicted molar refractivity (Wildman–Crippen MR) is 100 cm³/mol. The van der Waals surface area contributed by atoms with Gasteiger partial charge in [-0.3, -0.25) is 14.5 Å². The van der Waals surface area contributed by atoms with Gasteiger partial charge in [0, 0.05) is 5.69 Å². The van der Waals surface area contributed by atoms with Crippen LogP contribution in [0.25, 0.3) is 0 Å². The number of ether oxygens (including phenoxy) is 2. The molecule has 0 spiro atoms. The van der Waals surface area contributed by atoms with Gasteiger partial charge in [-0.15, -0.1) is 0 Å². The number of benzene rings is 2. The zero-order chi connectivity index (χ0) is 19.4. The quantitative estimate of drug-likeness (QED) is 0.839. The second kappa shape index (κ2) is 7.90. The van der Waals surface area contributed by atoms with Crippen LogP contribution in [0.1, 0.15) is 22.3 Å². The first kappa shape index (κ1) is 18.4. The van der Waals surface area contributed by atoms with Crippen molar-refractivity contribution in [3.63, 3.8) is 0 Å². The molecular formula is C20H20N2O5. The van der Waals surface area contributed by atoms with Crippen LogP contribution in [0, 0.1) is 6.92 Å². The molecule has 7 heteroatoms. The van der Waals surface area contributed by atoms with Crippen molar-refractivity contribution in [2.45, 2.75) is 13.3 Å². The van der Waals surface area contributed by atoms with Crippen LogP contribution in [0.2, 0.25) is 0 Å². The number of nitrogens with zero attached hydrogens (tertiary/aromatic N) is 1. The first-order chi connectivity index (χ1) is 13.0. The summed E-state index contributed by atoms with van der Waals surface area (Å²) in [6, 6.07) is 12.0. The maximum atomic E-state index is 12.6. The number of hydrogen-bond donors (Lipinski definition) is 1. The largest absolute Gasteiger partial charge is 0.491 e. The second-order valence-corrected chi connectivity index (χ2v) is 6.12. The van der Waals surface area contributed by atoms with E-state index in [-0.39, 0.29) is 31.4 Å². The fourth-order valence-corrected chi connectivity index (χ4v) is 2.83. The number of aryl methyl sites for hydroxylation is 1. The Balaban J connectivity index is 1.80. The van der Waals surface area contributed by atoms with Crippen molar-refractivity contribution >= 4 is 29.2 Å². The minimum Gasteiger partial charge on any atom is -0.491 e. The summed E-state index contributed by atoms with van der Waals surface area (Å²) in [5.41, 5.74) is 2.19. The molecule has 1 aliphatic heterocycles. The van der Waals surface area contributed by atoms with Crippen molar-refractivity contribution in [2.24, 2.45) is 0 Å². The molecule has 0 saturated heterocycles. The lowest BCUT2D eigenvalue weighted by Crippen LogP contribution is -2.37. The fraction of sp³-hybridized carbons (Fsp3) is 0.250. The van der Waals surface area contributed by atoms with E-state index in [0.717, 1.165) is 5.56 Å². The van der Waals surface area contributed by atoms with E-state index in [1.54, 1.807) is 36.4 Å². The summed E-state index contributed by atoms with van der Waals surface area (Å²) >= 11 is 0. The molecule has 0 radical (unpaired) electrons. The molecule has 3 rings (SSSR count). The van der Waals surface area contributed by atoms with E-state index in [4.69, 9.17) is 9.47 Å². The van der Waals surface area contributed by atoms with Crippen LogP contribution in [-0.4, -0.2) is 38.0 Å². The number of anilines is 2. The van der Waals surface area contributed by atoms with Crippen LogP contribution in [-0.2, 0) is 14.3 Å². The lowest BCUT2D eigenvalue weighted by Gasteiger charge is -2.21. The number of rotatable bonds is 4. The third kappa shape index (κ3) is 4.08. The van der Waals surface area contributed by atoms with Crippen LogP contribution >= 0.6 is 0 Å². The smallest absolute Gasteiger partial charge is 0.337 e. The number of nitrogens with one attached hydrogen (secondary N) is 1. The van der Waals surface area contributed by atoms with E-state index in [1.165, 1.54) is 12.0 Å². The van der Waals surface area contributed by atoms with E-state index < -0.39 is 5.97 Å². The number of fused-ring (bicyclic) bond motifs is 1. The molecule has 1 aliphatic rings. The first-order valence-electron chi connectivity index (χ1n) is 8.50. The molecule has 1 heterocycles. The molecule has 1 N–H and O–H groups in total. The third-order valence-electron chi connectivity index (χ3n) is 4.27. The van der Waals surface area contributed by atoms with Crippen molar-refractivity contribution < 1.29 is 23.9 Å². The number of esters is 1. The lowest BCUT2D eigenvalue weighted by molar-refractivity contribution is -0.121. The minimum atomic E-state index is -0.487. The van der Waals surface area contributed by atoms with Crippen LogP contribution in [0.5, 0.6) is 5.75 Å². The van der Waals surface area contributed by atoms with Gasteiger partial charge in [0.2, 0.25) is 11.8 Å². The van der Waals surface area contributed by atoms with Gasteiger partial charge in [0.15, 0.2) is 0 Å². The van der Waals surface area contributed by atoms with Crippen molar-refractivity contribution in [1.29, 1.82) is 0 Å². The van der Waals surface area contributed by atoms with Gasteiger partial charge in [0.25, 0.3) is 0 Å². The van der Waals surface area contributed by atoms with E-state index >= 15 is 0 Å². The Morgan fingerprint density at radius 2 is 2.00 bits per heavy atom. The fourth-order valence-electron chi connectivity index (χ4n) is 2.83. The molecule has 27 heavy (non-hydrogen) atoms. The highest BCUT2D eigenvalue weighted by Crippen LogP contribution is 2.30. The second-order valence-electron chi connectivity index (χ2n) is 6.12. The van der Waals surface area contributed by atoms with Crippen molar-refractivity contribution in [3.8, 4) is 5.75 Å². The first-order valence-corrected chi connectivity index (χ1v) is 8.50. The normalized spacial score (nSPS) is 13.3. The molecule has 0 aliphatic carbocycles. The van der Waals surface area contributed by atoms with Crippen LogP contribution in [0.15, 0.2) is 42.5 Å². The summed E-state index contributed by atoms with van der Waals surface area (Å²) in [5.74, 6) is -0.473. The van der Waals surface area contributed by atoms with Crippen LogP contribution in [0.3, 0.4) is 0 Å². The van der Waals surface area contributed by atoms with Gasteiger partial charge in [-0.25, -0.2) is 4.79 Å². The van der Waals surface area contributed by atoms with Crippen molar-refractivity contribution in [2.75, 3.05) is 30.5 Å². The standard InChI is InChI=1S/C20H20N2O5/c1-13-7-8-14(20(25)26-2)11-15(13)21-18(23)12-22-16-5-3-4-6-17(16)27-10-9-19(22)24/h3-8,11H,9-10,12H2,1-2H3,(H,21,23). The number of carbonyl (C=O) groups excluding carboxylic acids is 3. The Bertz CT molecular complexity index is 894. The average molecular weight is 368 g/mol. The van der Waals surface area contributed by atoms with Gasteiger partial charge in [0.1, 0.15) is 12.3 Å². The summed E-state index contributed by atoms with van der Waals surface area (Å²) < 4.78 is 10.3. The van der Waals surface area contributed by atoms with Crippen molar-refractivity contribution in [1.82, 2.24) is 0 Å². The maximum absolute atomic E-state index is 12.6. The molecule has 140 valence electrons. The van der Waals surface area contributed by atoms with Gasteiger partial charge >= 0.3 is 5.97 Å². The summed E-state index contributed by atoms with van der Waals surface area (Å²) in [7, 11) is 1.30. The van der Waals surface area contributed by atoms with Gasteiger partial charge in [0.05, 0.1) is 31.4 Å². The average Bonchev–Trinajstić information content (AvgIpc) is 2.82. The highest BCUT2D eigenvalue weighted by Gasteiger charge is 2.25. The zero-order valence-electron chi connectivity index (χ0n) is 15.2. The Morgan fingerprint density at radius 1 is 1.22 bits per heavy atom. The molecule has 0 unspecified atom stereocenters.